The van der Waals surface area contributed by atoms with Gasteiger partial charge in [0.05, 0.1) is 12.0 Å². The van der Waals surface area contributed by atoms with Crippen LogP contribution < -0.4 is 15.3 Å². The predicted molar refractivity (Wildman–Crippen MR) is 76.6 cm³/mol. The monoisotopic (exact) mass is 299 g/mol. The number of hydrogen-bond donors (Lipinski definition) is 2. The highest BCUT2D eigenvalue weighted by molar-refractivity contribution is 7.89. The molecule has 1 aromatic rings. The molecule has 2 rings (SSSR count). The van der Waals surface area contributed by atoms with E-state index in [1.54, 1.807) is 17.1 Å². The first-order chi connectivity index (χ1) is 9.56. The molecule has 0 aromatic heterocycles. The lowest BCUT2D eigenvalue weighted by molar-refractivity contribution is 0.200. The van der Waals surface area contributed by atoms with E-state index >= 15 is 0 Å². The molecule has 7 heteroatoms. The van der Waals surface area contributed by atoms with Gasteiger partial charge in [-0.2, -0.15) is 0 Å². The first kappa shape index (κ1) is 15.2. The normalized spacial score (nSPS) is 17.1. The van der Waals surface area contributed by atoms with Gasteiger partial charge in [0.2, 0.25) is 0 Å². The van der Waals surface area contributed by atoms with Crippen LogP contribution >= 0.6 is 0 Å². The molecule has 1 aliphatic heterocycles. The molecule has 0 atom stereocenters. The summed E-state index contributed by atoms with van der Waals surface area (Å²) in [7, 11) is -2.02. The zero-order valence-corrected chi connectivity index (χ0v) is 12.4. The van der Waals surface area contributed by atoms with Crippen LogP contribution in [0.3, 0.4) is 0 Å². The number of hydrazine groups is 1. The van der Waals surface area contributed by atoms with Crippen molar-refractivity contribution in [2.75, 3.05) is 20.2 Å². The van der Waals surface area contributed by atoms with Crippen LogP contribution in [-0.2, 0) is 16.6 Å². The van der Waals surface area contributed by atoms with Gasteiger partial charge in [0.25, 0.3) is 10.0 Å². The van der Waals surface area contributed by atoms with Gasteiger partial charge in [0.15, 0.2) is 0 Å². The third kappa shape index (κ3) is 3.49. The highest BCUT2D eigenvalue weighted by Crippen LogP contribution is 2.22. The molecule has 0 unspecified atom stereocenters. The highest BCUT2D eigenvalue weighted by Gasteiger charge is 2.20. The Hall–Kier alpha value is -1.15. The SMILES string of the molecule is COc1ccc(S(=O)(=O)NN2CCCCC2)cc1CN. The van der Waals surface area contributed by atoms with E-state index in [0.29, 0.717) is 11.3 Å². The molecule has 1 heterocycles. The fourth-order valence-corrected chi connectivity index (χ4v) is 3.46. The summed E-state index contributed by atoms with van der Waals surface area (Å²) in [4.78, 5) is 2.84. The number of rotatable bonds is 5. The van der Waals surface area contributed by atoms with E-state index in [0.717, 1.165) is 32.4 Å². The van der Waals surface area contributed by atoms with Crippen LogP contribution in [-0.4, -0.2) is 33.6 Å². The Labute approximate surface area is 119 Å². The Morgan fingerprint density at radius 3 is 2.60 bits per heavy atom. The number of nitrogens with two attached hydrogens (primary N) is 1. The highest BCUT2D eigenvalue weighted by atomic mass is 32.2. The number of nitrogens with one attached hydrogen (secondary N) is 1. The van der Waals surface area contributed by atoms with Crippen LogP contribution in [0, 0.1) is 0 Å². The van der Waals surface area contributed by atoms with Crippen LogP contribution in [0.4, 0.5) is 0 Å². The summed E-state index contributed by atoms with van der Waals surface area (Å²) in [5.74, 6) is 0.601. The first-order valence-corrected chi connectivity index (χ1v) is 8.19. The third-order valence-electron chi connectivity index (χ3n) is 3.39. The minimum atomic E-state index is -3.55. The van der Waals surface area contributed by atoms with Gasteiger partial charge in [-0.1, -0.05) is 6.42 Å². The molecule has 1 fully saturated rings. The van der Waals surface area contributed by atoms with Gasteiger partial charge >= 0.3 is 0 Å². The van der Waals surface area contributed by atoms with Crippen molar-refractivity contribution in [3.05, 3.63) is 23.8 Å². The second kappa shape index (κ2) is 6.53. The van der Waals surface area contributed by atoms with Crippen molar-refractivity contribution >= 4 is 10.0 Å². The van der Waals surface area contributed by atoms with Crippen molar-refractivity contribution in [1.82, 2.24) is 9.84 Å². The van der Waals surface area contributed by atoms with E-state index in [1.165, 1.54) is 13.2 Å². The van der Waals surface area contributed by atoms with Crippen molar-refractivity contribution in [1.29, 1.82) is 0 Å². The molecule has 0 bridgehead atoms. The summed E-state index contributed by atoms with van der Waals surface area (Å²) in [6.45, 7) is 1.73. The zero-order chi connectivity index (χ0) is 14.6. The van der Waals surface area contributed by atoms with Crippen molar-refractivity contribution in [3.63, 3.8) is 0 Å². The van der Waals surface area contributed by atoms with Gasteiger partial charge < -0.3 is 10.5 Å². The molecular formula is C13H21N3O3S. The molecule has 0 spiro atoms. The second-order valence-corrected chi connectivity index (χ2v) is 6.48. The van der Waals surface area contributed by atoms with E-state index in [-0.39, 0.29) is 11.4 Å². The van der Waals surface area contributed by atoms with Crippen LogP contribution in [0.5, 0.6) is 5.75 Å². The molecule has 0 amide bonds. The summed E-state index contributed by atoms with van der Waals surface area (Å²) >= 11 is 0. The minimum Gasteiger partial charge on any atom is -0.496 e. The number of nitrogens with zero attached hydrogens (tertiary/aromatic N) is 1. The molecule has 1 aliphatic rings. The van der Waals surface area contributed by atoms with E-state index in [4.69, 9.17) is 10.5 Å². The standard InChI is InChI=1S/C13H21N3O3S/c1-19-13-6-5-12(9-11(13)10-14)20(17,18)15-16-7-3-2-4-8-16/h5-6,9,15H,2-4,7-8,10,14H2,1H3. The van der Waals surface area contributed by atoms with Crippen molar-refractivity contribution in [2.45, 2.75) is 30.7 Å². The van der Waals surface area contributed by atoms with E-state index in [2.05, 4.69) is 4.83 Å². The maximum atomic E-state index is 12.3. The first-order valence-electron chi connectivity index (χ1n) is 6.71. The smallest absolute Gasteiger partial charge is 0.253 e. The fourth-order valence-electron chi connectivity index (χ4n) is 2.29. The predicted octanol–water partition coefficient (Wildman–Crippen LogP) is 0.833. The average molecular weight is 299 g/mol. The second-order valence-electron chi connectivity index (χ2n) is 4.82. The number of ether oxygens (including phenoxy) is 1. The van der Waals surface area contributed by atoms with Crippen LogP contribution in [0.25, 0.3) is 0 Å². The van der Waals surface area contributed by atoms with Crippen molar-refractivity contribution in [3.8, 4) is 5.75 Å². The summed E-state index contributed by atoms with van der Waals surface area (Å²) < 4.78 is 29.8. The molecule has 0 aliphatic carbocycles. The van der Waals surface area contributed by atoms with Gasteiger partial charge in [-0.25, -0.2) is 13.4 Å². The van der Waals surface area contributed by atoms with Crippen LogP contribution in [0.15, 0.2) is 23.1 Å². The maximum absolute atomic E-state index is 12.3. The quantitative estimate of drug-likeness (QED) is 0.841. The van der Waals surface area contributed by atoms with Crippen LogP contribution in [0.1, 0.15) is 24.8 Å². The Morgan fingerprint density at radius 1 is 1.30 bits per heavy atom. The molecule has 3 N–H and O–H groups in total. The fraction of sp³-hybridized carbons (Fsp3) is 0.538. The molecule has 1 saturated heterocycles. The Morgan fingerprint density at radius 2 is 2.00 bits per heavy atom. The number of benzene rings is 1. The number of methoxy groups -OCH3 is 1. The van der Waals surface area contributed by atoms with Gasteiger partial charge in [0, 0.05) is 25.2 Å². The third-order valence-corrected chi connectivity index (χ3v) is 4.76. The summed E-state index contributed by atoms with van der Waals surface area (Å²) in [6, 6.07) is 4.72. The van der Waals surface area contributed by atoms with E-state index in [9.17, 15) is 8.42 Å². The summed E-state index contributed by atoms with van der Waals surface area (Å²) in [5.41, 5.74) is 6.29. The van der Waals surface area contributed by atoms with E-state index in [1.807, 2.05) is 0 Å². The van der Waals surface area contributed by atoms with Gasteiger partial charge in [-0.3, -0.25) is 0 Å². The molecule has 1 aromatic carbocycles. The van der Waals surface area contributed by atoms with Gasteiger partial charge in [-0.15, -0.1) is 4.83 Å². The van der Waals surface area contributed by atoms with Crippen molar-refractivity contribution < 1.29 is 13.2 Å². The zero-order valence-electron chi connectivity index (χ0n) is 11.6. The number of hydrogen-bond acceptors (Lipinski definition) is 5. The molecular weight excluding hydrogens is 278 g/mol. The number of piperidine rings is 1. The Balaban J connectivity index is 2.20. The Bertz CT molecular complexity index is 554. The van der Waals surface area contributed by atoms with E-state index < -0.39 is 10.0 Å². The largest absolute Gasteiger partial charge is 0.496 e. The molecule has 0 saturated carbocycles. The lowest BCUT2D eigenvalue weighted by Crippen LogP contribution is -2.44. The molecule has 20 heavy (non-hydrogen) atoms. The van der Waals surface area contributed by atoms with Gasteiger partial charge in [0.1, 0.15) is 5.75 Å². The van der Waals surface area contributed by atoms with Crippen molar-refractivity contribution in [2.24, 2.45) is 5.73 Å². The lowest BCUT2D eigenvalue weighted by atomic mass is 10.2. The number of sulfonamides is 1. The topological polar surface area (TPSA) is 84.7 Å². The summed E-state index contributed by atoms with van der Waals surface area (Å²) in [5, 5.41) is 1.76. The minimum absolute atomic E-state index is 0.212. The summed E-state index contributed by atoms with van der Waals surface area (Å²) in [6.07, 6.45) is 3.18. The molecule has 0 radical (unpaired) electrons. The Kier molecular flexibility index (Phi) is 4.98. The van der Waals surface area contributed by atoms with Crippen LogP contribution in [0.2, 0.25) is 0 Å². The molecule has 112 valence electrons. The lowest BCUT2D eigenvalue weighted by Gasteiger charge is -2.26. The maximum Gasteiger partial charge on any atom is 0.253 e. The average Bonchev–Trinajstić information content (AvgIpc) is 2.47. The molecule has 6 nitrogen and oxygen atoms in total. The van der Waals surface area contributed by atoms with Gasteiger partial charge in [-0.05, 0) is 31.0 Å².